The number of hydrogen-bond acceptors (Lipinski definition) is 4. The van der Waals surface area contributed by atoms with Gasteiger partial charge in [-0.2, -0.15) is 0 Å². The number of carbonyl (C=O) groups is 1. The van der Waals surface area contributed by atoms with Gasteiger partial charge in [-0.25, -0.2) is 4.98 Å². The lowest BCUT2D eigenvalue weighted by atomic mass is 10.1. The average molecular weight is 486 g/mol. The lowest BCUT2D eigenvalue weighted by Crippen LogP contribution is -2.26. The molecule has 4 aromatic rings. The summed E-state index contributed by atoms with van der Waals surface area (Å²) in [4.78, 5) is 17.1. The maximum Gasteiger partial charge on any atom is 0.224 e. The summed E-state index contributed by atoms with van der Waals surface area (Å²) in [5.74, 6) is 2.74. The van der Waals surface area contributed by atoms with Crippen LogP contribution in [-0.2, 0) is 24.2 Å². The van der Waals surface area contributed by atoms with E-state index in [9.17, 15) is 4.79 Å². The van der Waals surface area contributed by atoms with E-state index in [1.165, 1.54) is 0 Å². The third kappa shape index (κ3) is 6.87. The van der Waals surface area contributed by atoms with Crippen molar-refractivity contribution in [3.8, 4) is 11.5 Å². The van der Waals surface area contributed by atoms with E-state index in [4.69, 9.17) is 14.5 Å². The number of fused-ring (bicyclic) bond motifs is 1. The molecule has 6 heteroatoms. The number of rotatable bonds is 13. The molecular weight excluding hydrogens is 450 g/mol. The average Bonchev–Trinajstić information content (AvgIpc) is 3.25. The number of unbranched alkanes of at least 4 members (excludes halogenated alkanes) is 2. The molecule has 1 N–H and O–H groups in total. The zero-order valence-corrected chi connectivity index (χ0v) is 21.2. The van der Waals surface area contributed by atoms with E-state index in [2.05, 4.69) is 22.0 Å². The van der Waals surface area contributed by atoms with E-state index in [0.717, 1.165) is 71.7 Å². The van der Waals surface area contributed by atoms with Crippen LogP contribution in [0.25, 0.3) is 11.0 Å². The van der Waals surface area contributed by atoms with Crippen LogP contribution in [0.2, 0.25) is 0 Å². The van der Waals surface area contributed by atoms with E-state index in [-0.39, 0.29) is 5.91 Å². The smallest absolute Gasteiger partial charge is 0.224 e. The van der Waals surface area contributed by atoms with Gasteiger partial charge in [0.2, 0.25) is 5.91 Å². The Kier molecular flexibility index (Phi) is 8.98. The fraction of sp³-hybridized carbons (Fsp3) is 0.333. The summed E-state index contributed by atoms with van der Waals surface area (Å²) < 4.78 is 13.5. The molecule has 0 spiro atoms. The lowest BCUT2D eigenvalue weighted by Gasteiger charge is -2.12. The second-order valence-electron chi connectivity index (χ2n) is 8.96. The van der Waals surface area contributed by atoms with Crippen molar-refractivity contribution in [1.82, 2.24) is 14.9 Å². The zero-order valence-electron chi connectivity index (χ0n) is 21.2. The van der Waals surface area contributed by atoms with Gasteiger partial charge in [0.15, 0.2) is 0 Å². The maximum atomic E-state index is 12.3. The van der Waals surface area contributed by atoms with Crippen LogP contribution >= 0.6 is 0 Å². The predicted octanol–water partition coefficient (Wildman–Crippen LogP) is 5.50. The van der Waals surface area contributed by atoms with Gasteiger partial charge in [-0.1, -0.05) is 48.9 Å². The van der Waals surface area contributed by atoms with Crippen molar-refractivity contribution in [2.75, 3.05) is 20.3 Å². The first-order valence-electron chi connectivity index (χ1n) is 12.7. The van der Waals surface area contributed by atoms with Crippen molar-refractivity contribution >= 4 is 16.9 Å². The summed E-state index contributed by atoms with van der Waals surface area (Å²) >= 11 is 0. The first-order valence-corrected chi connectivity index (χ1v) is 12.7. The molecule has 4 rings (SSSR count). The summed E-state index contributed by atoms with van der Waals surface area (Å²) in [6.07, 6.45) is 4.35. The van der Waals surface area contributed by atoms with Crippen LogP contribution in [0.15, 0.2) is 72.8 Å². The van der Waals surface area contributed by atoms with Gasteiger partial charge in [0.1, 0.15) is 23.9 Å². The molecular formula is C30H35N3O3. The fourth-order valence-corrected chi connectivity index (χ4v) is 4.37. The Bertz CT molecular complexity index is 1280. The van der Waals surface area contributed by atoms with E-state index in [1.807, 2.05) is 67.6 Å². The highest BCUT2D eigenvalue weighted by atomic mass is 16.5. The Hall–Kier alpha value is -3.80. The van der Waals surface area contributed by atoms with Gasteiger partial charge in [-0.3, -0.25) is 4.79 Å². The molecule has 0 fully saturated rings. The Morgan fingerprint density at radius 3 is 2.61 bits per heavy atom. The molecule has 0 saturated carbocycles. The SMILES string of the molecule is COc1cccc(OCCn2c(CCCCCNC(=O)Cc3ccccc3C)nc3ccccc32)c1. The van der Waals surface area contributed by atoms with Gasteiger partial charge in [0.05, 0.1) is 31.1 Å². The number of ether oxygens (including phenoxy) is 2. The monoisotopic (exact) mass is 485 g/mol. The Labute approximate surface area is 213 Å². The third-order valence-corrected chi connectivity index (χ3v) is 6.37. The van der Waals surface area contributed by atoms with Crippen molar-refractivity contribution in [2.24, 2.45) is 0 Å². The topological polar surface area (TPSA) is 65.4 Å². The minimum absolute atomic E-state index is 0.0853. The van der Waals surface area contributed by atoms with Crippen LogP contribution < -0.4 is 14.8 Å². The molecule has 1 amide bonds. The molecule has 3 aromatic carbocycles. The molecule has 36 heavy (non-hydrogen) atoms. The number of imidazole rings is 1. The first kappa shape index (κ1) is 25.3. The first-order chi connectivity index (χ1) is 17.6. The minimum Gasteiger partial charge on any atom is -0.497 e. The van der Waals surface area contributed by atoms with E-state index < -0.39 is 0 Å². The molecule has 0 bridgehead atoms. The molecule has 188 valence electrons. The number of amides is 1. The Balaban J connectivity index is 1.24. The number of nitrogens with one attached hydrogen (secondary N) is 1. The standard InChI is InChI=1S/C30H35N3O3/c1-23-11-5-6-12-24(23)21-30(34)31-18-9-3-4-17-29-32-27-15-7-8-16-28(27)33(29)19-20-36-26-14-10-13-25(22-26)35-2/h5-8,10-16,22H,3-4,9,17-21H2,1-2H3,(H,31,34). The Morgan fingerprint density at radius 1 is 0.944 bits per heavy atom. The van der Waals surface area contributed by atoms with Crippen LogP contribution in [0.1, 0.15) is 36.2 Å². The molecule has 1 aromatic heterocycles. The molecule has 0 saturated heterocycles. The molecule has 0 aliphatic rings. The third-order valence-electron chi connectivity index (χ3n) is 6.37. The summed E-state index contributed by atoms with van der Waals surface area (Å²) in [5.41, 5.74) is 4.39. The molecule has 0 aliphatic carbocycles. The van der Waals surface area contributed by atoms with Gasteiger partial charge in [-0.15, -0.1) is 0 Å². The number of hydrogen-bond donors (Lipinski definition) is 1. The normalized spacial score (nSPS) is 10.9. The Morgan fingerprint density at radius 2 is 1.75 bits per heavy atom. The lowest BCUT2D eigenvalue weighted by molar-refractivity contribution is -0.120. The van der Waals surface area contributed by atoms with Crippen molar-refractivity contribution in [1.29, 1.82) is 0 Å². The van der Waals surface area contributed by atoms with Gasteiger partial charge in [-0.05, 0) is 55.2 Å². The maximum absolute atomic E-state index is 12.3. The number of aryl methyl sites for hydroxylation is 2. The largest absolute Gasteiger partial charge is 0.497 e. The van der Waals surface area contributed by atoms with Crippen LogP contribution in [0, 0.1) is 6.92 Å². The predicted molar refractivity (Wildman–Crippen MR) is 144 cm³/mol. The number of nitrogens with zero attached hydrogens (tertiary/aromatic N) is 2. The van der Waals surface area contributed by atoms with E-state index in [1.54, 1.807) is 7.11 Å². The van der Waals surface area contributed by atoms with Gasteiger partial charge >= 0.3 is 0 Å². The van der Waals surface area contributed by atoms with Crippen LogP contribution in [0.4, 0.5) is 0 Å². The van der Waals surface area contributed by atoms with Crippen molar-refractivity contribution in [2.45, 2.75) is 45.6 Å². The van der Waals surface area contributed by atoms with Crippen LogP contribution in [0.3, 0.4) is 0 Å². The van der Waals surface area contributed by atoms with E-state index >= 15 is 0 Å². The number of para-hydroxylation sites is 2. The van der Waals surface area contributed by atoms with Gasteiger partial charge < -0.3 is 19.4 Å². The number of benzene rings is 3. The quantitative estimate of drug-likeness (QED) is 0.254. The highest BCUT2D eigenvalue weighted by molar-refractivity contribution is 5.78. The summed E-state index contributed by atoms with van der Waals surface area (Å²) in [6, 6.07) is 24.0. The highest BCUT2D eigenvalue weighted by Gasteiger charge is 2.11. The summed E-state index contributed by atoms with van der Waals surface area (Å²) in [6.45, 7) is 4.02. The highest BCUT2D eigenvalue weighted by Crippen LogP contribution is 2.21. The minimum atomic E-state index is 0.0853. The van der Waals surface area contributed by atoms with Crippen LogP contribution in [0.5, 0.6) is 11.5 Å². The second-order valence-corrected chi connectivity index (χ2v) is 8.96. The fourth-order valence-electron chi connectivity index (χ4n) is 4.37. The molecule has 0 radical (unpaired) electrons. The summed E-state index contributed by atoms with van der Waals surface area (Å²) in [7, 11) is 1.66. The van der Waals surface area contributed by atoms with Crippen molar-refractivity contribution in [3.63, 3.8) is 0 Å². The van der Waals surface area contributed by atoms with Gasteiger partial charge in [0, 0.05) is 19.0 Å². The zero-order chi connectivity index (χ0) is 25.2. The van der Waals surface area contributed by atoms with Crippen molar-refractivity contribution in [3.05, 3.63) is 89.7 Å². The molecule has 0 unspecified atom stereocenters. The second kappa shape index (κ2) is 12.8. The molecule has 1 heterocycles. The van der Waals surface area contributed by atoms with Gasteiger partial charge in [0.25, 0.3) is 0 Å². The van der Waals surface area contributed by atoms with Crippen LogP contribution in [-0.4, -0.2) is 35.7 Å². The van der Waals surface area contributed by atoms with E-state index in [0.29, 0.717) is 19.6 Å². The van der Waals surface area contributed by atoms with Crippen molar-refractivity contribution < 1.29 is 14.3 Å². The molecule has 0 atom stereocenters. The summed E-state index contributed by atoms with van der Waals surface area (Å²) in [5, 5.41) is 3.06. The molecule has 6 nitrogen and oxygen atoms in total. The molecule has 0 aliphatic heterocycles. The number of methoxy groups -OCH3 is 1. The number of aromatic nitrogens is 2. The number of carbonyl (C=O) groups excluding carboxylic acids is 1.